The number of benzene rings is 2. The van der Waals surface area contributed by atoms with Crippen LogP contribution in [0.25, 0.3) is 27.9 Å². The molecule has 0 spiro atoms. The third-order valence-corrected chi connectivity index (χ3v) is 5.29. The highest BCUT2D eigenvalue weighted by Crippen LogP contribution is 2.29. The second-order valence-electron chi connectivity index (χ2n) is 6.94. The Hall–Kier alpha value is -3.28. The lowest BCUT2D eigenvalue weighted by Gasteiger charge is -2.32. The Labute approximate surface area is 165 Å². The van der Waals surface area contributed by atoms with Crippen molar-refractivity contribution in [1.29, 1.82) is 0 Å². The SMILES string of the molecule is O=C(NC1CC(N=C=S)C1)c1c(-c2ccc3ccccc3c2)nc2occn12. The molecule has 1 aliphatic rings. The average Bonchev–Trinajstić information content (AvgIpc) is 3.27. The van der Waals surface area contributed by atoms with Crippen LogP contribution in [0.5, 0.6) is 0 Å². The number of nitrogens with one attached hydrogen (secondary N) is 1. The second-order valence-corrected chi connectivity index (χ2v) is 7.13. The van der Waals surface area contributed by atoms with E-state index in [0.29, 0.717) is 17.2 Å². The number of rotatable bonds is 4. The number of fused-ring (bicyclic) bond motifs is 2. The maximum absolute atomic E-state index is 13.1. The standard InChI is InChI=1S/C21H16N4O2S/c26-20(23-17-10-16(11-17)22-12-28)19-18(24-21-25(19)7-8-27-21)15-6-5-13-3-1-2-4-14(13)9-15/h1-9,16-17H,10-11H2,(H,23,26). The van der Waals surface area contributed by atoms with Crippen molar-refractivity contribution in [2.45, 2.75) is 24.9 Å². The van der Waals surface area contributed by atoms with Gasteiger partial charge in [0, 0.05) is 17.8 Å². The van der Waals surface area contributed by atoms with Gasteiger partial charge in [0.1, 0.15) is 17.7 Å². The molecule has 1 saturated carbocycles. The third kappa shape index (κ3) is 2.81. The second kappa shape index (κ2) is 6.71. The largest absolute Gasteiger partial charge is 0.432 e. The number of hydrogen-bond acceptors (Lipinski definition) is 5. The molecule has 6 nitrogen and oxygen atoms in total. The summed E-state index contributed by atoms with van der Waals surface area (Å²) in [6.45, 7) is 0. The topological polar surface area (TPSA) is 71.9 Å². The molecule has 2 aromatic heterocycles. The van der Waals surface area contributed by atoms with Gasteiger partial charge in [-0.25, -0.2) is 4.99 Å². The van der Waals surface area contributed by atoms with Gasteiger partial charge in [0.05, 0.1) is 11.2 Å². The summed E-state index contributed by atoms with van der Waals surface area (Å²) in [7, 11) is 0. The molecule has 4 aromatic rings. The first-order valence-electron chi connectivity index (χ1n) is 9.05. The lowest BCUT2D eigenvalue weighted by Crippen LogP contribution is -2.46. The molecule has 0 radical (unpaired) electrons. The quantitative estimate of drug-likeness (QED) is 0.422. The highest BCUT2D eigenvalue weighted by Gasteiger charge is 2.32. The Kier molecular flexibility index (Phi) is 4.04. The van der Waals surface area contributed by atoms with Gasteiger partial charge >= 0.3 is 5.84 Å². The van der Waals surface area contributed by atoms with E-state index >= 15 is 0 Å². The lowest BCUT2D eigenvalue weighted by molar-refractivity contribution is 0.0905. The zero-order valence-corrected chi connectivity index (χ0v) is 15.6. The van der Waals surface area contributed by atoms with Crippen molar-refractivity contribution in [3.8, 4) is 11.3 Å². The molecule has 0 atom stereocenters. The fourth-order valence-electron chi connectivity index (χ4n) is 3.68. The Morgan fingerprint density at radius 3 is 2.89 bits per heavy atom. The highest BCUT2D eigenvalue weighted by atomic mass is 32.1. The zero-order valence-electron chi connectivity index (χ0n) is 14.8. The molecule has 2 aromatic carbocycles. The van der Waals surface area contributed by atoms with Crippen LogP contribution in [0.3, 0.4) is 0 Å². The summed E-state index contributed by atoms with van der Waals surface area (Å²) in [5.74, 6) is 0.219. The fourth-order valence-corrected chi connectivity index (χ4v) is 3.83. The molecule has 1 N–H and O–H groups in total. The van der Waals surface area contributed by atoms with E-state index in [2.05, 4.69) is 38.7 Å². The van der Waals surface area contributed by atoms with Crippen molar-refractivity contribution in [3.63, 3.8) is 0 Å². The van der Waals surface area contributed by atoms with E-state index in [-0.39, 0.29) is 18.0 Å². The smallest absolute Gasteiger partial charge is 0.306 e. The number of carbonyl (C=O) groups excluding carboxylic acids is 1. The molecule has 0 aliphatic heterocycles. The Bertz CT molecular complexity index is 1250. The number of thiocarbonyl (C=S) groups is 1. The average molecular weight is 388 g/mol. The molecule has 1 aliphatic carbocycles. The van der Waals surface area contributed by atoms with E-state index in [1.54, 1.807) is 10.6 Å². The van der Waals surface area contributed by atoms with E-state index < -0.39 is 0 Å². The first-order valence-corrected chi connectivity index (χ1v) is 9.46. The predicted octanol–water partition coefficient (Wildman–Crippen LogP) is 4.11. The summed E-state index contributed by atoms with van der Waals surface area (Å²) in [5, 5.41) is 7.71. The van der Waals surface area contributed by atoms with Crippen LogP contribution in [0.4, 0.5) is 0 Å². The van der Waals surface area contributed by atoms with Gasteiger partial charge in [0.25, 0.3) is 5.91 Å². The summed E-state index contributed by atoms with van der Waals surface area (Å²) >= 11 is 4.64. The van der Waals surface area contributed by atoms with E-state index in [0.717, 1.165) is 29.2 Å². The molecule has 1 fully saturated rings. The van der Waals surface area contributed by atoms with Crippen molar-refractivity contribution in [2.75, 3.05) is 0 Å². The van der Waals surface area contributed by atoms with Crippen molar-refractivity contribution >= 4 is 39.9 Å². The summed E-state index contributed by atoms with van der Waals surface area (Å²) in [6.07, 6.45) is 4.78. The summed E-state index contributed by atoms with van der Waals surface area (Å²) < 4.78 is 7.12. The zero-order chi connectivity index (χ0) is 19.1. The number of nitrogens with zero attached hydrogens (tertiary/aromatic N) is 3. The number of amides is 1. The van der Waals surface area contributed by atoms with Crippen molar-refractivity contribution < 1.29 is 9.21 Å². The lowest BCUT2D eigenvalue weighted by atomic mass is 9.87. The van der Waals surface area contributed by atoms with Gasteiger partial charge in [-0.2, -0.15) is 4.98 Å². The van der Waals surface area contributed by atoms with Crippen molar-refractivity contribution in [3.05, 3.63) is 60.6 Å². The first kappa shape index (κ1) is 16.9. The Morgan fingerprint density at radius 1 is 1.25 bits per heavy atom. The number of hydrogen-bond donors (Lipinski definition) is 1. The van der Waals surface area contributed by atoms with Crippen LogP contribution >= 0.6 is 12.2 Å². The van der Waals surface area contributed by atoms with Gasteiger partial charge in [-0.1, -0.05) is 36.4 Å². The molecule has 2 heterocycles. The van der Waals surface area contributed by atoms with Gasteiger partial charge in [0.15, 0.2) is 0 Å². The number of aliphatic imine (C=N–C) groups is 1. The number of imidazole rings is 1. The summed E-state index contributed by atoms with van der Waals surface area (Å²) in [4.78, 5) is 21.7. The van der Waals surface area contributed by atoms with Gasteiger partial charge in [0.2, 0.25) is 0 Å². The Morgan fingerprint density at radius 2 is 2.07 bits per heavy atom. The maximum atomic E-state index is 13.1. The molecule has 0 saturated heterocycles. The minimum atomic E-state index is -0.174. The number of carbonyl (C=O) groups is 1. The molecular formula is C21H16N4O2S. The van der Waals surface area contributed by atoms with Crippen LogP contribution in [0.1, 0.15) is 23.3 Å². The van der Waals surface area contributed by atoms with E-state index in [1.165, 1.54) is 6.26 Å². The van der Waals surface area contributed by atoms with Crippen LogP contribution in [-0.2, 0) is 0 Å². The van der Waals surface area contributed by atoms with Crippen LogP contribution < -0.4 is 5.32 Å². The molecule has 0 bridgehead atoms. The summed E-state index contributed by atoms with van der Waals surface area (Å²) in [6, 6.07) is 14.4. The minimum Gasteiger partial charge on any atom is -0.432 e. The van der Waals surface area contributed by atoms with Crippen molar-refractivity contribution in [2.24, 2.45) is 4.99 Å². The molecule has 0 unspecified atom stereocenters. The van der Waals surface area contributed by atoms with E-state index in [4.69, 9.17) is 4.42 Å². The van der Waals surface area contributed by atoms with Gasteiger partial charge in [-0.05, 0) is 41.9 Å². The molecule has 5 rings (SSSR count). The molecular weight excluding hydrogens is 372 g/mol. The molecule has 138 valence electrons. The van der Waals surface area contributed by atoms with Gasteiger partial charge < -0.3 is 9.73 Å². The van der Waals surface area contributed by atoms with E-state index in [9.17, 15) is 4.79 Å². The maximum Gasteiger partial charge on any atom is 0.306 e. The minimum absolute atomic E-state index is 0.0755. The number of oxazole rings is 1. The third-order valence-electron chi connectivity index (χ3n) is 5.18. The van der Waals surface area contributed by atoms with Gasteiger partial charge in [-0.3, -0.25) is 9.20 Å². The molecule has 28 heavy (non-hydrogen) atoms. The highest BCUT2D eigenvalue weighted by molar-refractivity contribution is 7.78. The predicted molar refractivity (Wildman–Crippen MR) is 110 cm³/mol. The van der Waals surface area contributed by atoms with Crippen LogP contribution in [0.15, 0.2) is 64.3 Å². The van der Waals surface area contributed by atoms with Gasteiger partial charge in [-0.15, -0.1) is 0 Å². The first-order chi connectivity index (χ1) is 13.7. The van der Waals surface area contributed by atoms with Crippen LogP contribution in [-0.4, -0.2) is 32.5 Å². The molecule has 1 amide bonds. The Balaban J connectivity index is 1.52. The van der Waals surface area contributed by atoms with Crippen LogP contribution in [0, 0.1) is 0 Å². The fraction of sp³-hybridized carbons (Fsp3) is 0.190. The summed E-state index contributed by atoms with van der Waals surface area (Å²) in [5.41, 5.74) is 1.95. The monoisotopic (exact) mass is 388 g/mol. The normalized spacial score (nSPS) is 18.6. The van der Waals surface area contributed by atoms with Crippen molar-refractivity contribution in [1.82, 2.24) is 14.7 Å². The molecule has 7 heteroatoms. The number of aromatic nitrogens is 2. The van der Waals surface area contributed by atoms with E-state index in [1.807, 2.05) is 36.4 Å². The van der Waals surface area contributed by atoms with Crippen LogP contribution in [0.2, 0.25) is 0 Å². The number of isothiocyanates is 1.